The molecule has 1 aromatic carbocycles. The molecular formula is C14H14N4O. The van der Waals surface area contributed by atoms with Crippen LogP contribution < -0.4 is 5.73 Å². The third kappa shape index (κ3) is 2.47. The Kier molecular flexibility index (Phi) is 3.62. The Morgan fingerprint density at radius 3 is 2.79 bits per heavy atom. The average Bonchev–Trinajstić information content (AvgIpc) is 2.45. The summed E-state index contributed by atoms with van der Waals surface area (Å²) in [5.74, 6) is 0.255. The molecule has 5 heteroatoms. The van der Waals surface area contributed by atoms with E-state index in [4.69, 9.17) is 11.0 Å². The second kappa shape index (κ2) is 5.36. The van der Waals surface area contributed by atoms with E-state index in [-0.39, 0.29) is 5.91 Å². The molecule has 2 N–H and O–H groups in total. The summed E-state index contributed by atoms with van der Waals surface area (Å²) in [5.41, 5.74) is 6.31. The number of rotatable bonds is 3. The first-order chi connectivity index (χ1) is 9.15. The Morgan fingerprint density at radius 2 is 2.11 bits per heavy atom. The fourth-order valence-electron chi connectivity index (χ4n) is 1.91. The van der Waals surface area contributed by atoms with Gasteiger partial charge in [-0.1, -0.05) is 24.3 Å². The Bertz CT molecular complexity index is 660. The van der Waals surface area contributed by atoms with Crippen molar-refractivity contribution in [1.29, 1.82) is 5.26 Å². The largest absolute Gasteiger partial charge is 0.383 e. The van der Waals surface area contributed by atoms with E-state index in [1.54, 1.807) is 7.05 Å². The SMILES string of the molecule is CN(CCC#N)C(=O)c1cnc(N)c2ccccc12. The molecule has 0 fully saturated rings. The highest BCUT2D eigenvalue weighted by atomic mass is 16.2. The van der Waals surface area contributed by atoms with Crippen LogP contribution in [0.4, 0.5) is 5.82 Å². The van der Waals surface area contributed by atoms with Crippen LogP contribution in [0.25, 0.3) is 10.8 Å². The molecule has 96 valence electrons. The minimum Gasteiger partial charge on any atom is -0.383 e. The molecule has 1 heterocycles. The maximum atomic E-state index is 12.3. The molecule has 0 aliphatic carbocycles. The smallest absolute Gasteiger partial charge is 0.255 e. The number of nitriles is 1. The molecule has 0 unspecified atom stereocenters. The molecule has 2 rings (SSSR count). The zero-order valence-electron chi connectivity index (χ0n) is 10.6. The summed E-state index contributed by atoms with van der Waals surface area (Å²) in [6.45, 7) is 0.397. The van der Waals surface area contributed by atoms with E-state index >= 15 is 0 Å². The Labute approximate surface area is 111 Å². The van der Waals surface area contributed by atoms with Gasteiger partial charge in [0.25, 0.3) is 5.91 Å². The third-order valence-corrected chi connectivity index (χ3v) is 2.96. The van der Waals surface area contributed by atoms with Gasteiger partial charge in [-0.3, -0.25) is 4.79 Å². The first-order valence-electron chi connectivity index (χ1n) is 5.90. The monoisotopic (exact) mass is 254 g/mol. The molecule has 1 amide bonds. The maximum Gasteiger partial charge on any atom is 0.255 e. The zero-order chi connectivity index (χ0) is 13.8. The normalized spacial score (nSPS) is 10.1. The van der Waals surface area contributed by atoms with Crippen molar-refractivity contribution < 1.29 is 4.79 Å². The molecule has 2 aromatic rings. The van der Waals surface area contributed by atoms with E-state index in [2.05, 4.69) is 4.98 Å². The van der Waals surface area contributed by atoms with Gasteiger partial charge >= 0.3 is 0 Å². The predicted octanol–water partition coefficient (Wildman–Crippen LogP) is 1.80. The van der Waals surface area contributed by atoms with Crippen LogP contribution in [-0.2, 0) is 0 Å². The lowest BCUT2D eigenvalue weighted by atomic mass is 10.1. The van der Waals surface area contributed by atoms with Crippen LogP contribution in [0, 0.1) is 11.3 Å². The third-order valence-electron chi connectivity index (χ3n) is 2.96. The van der Waals surface area contributed by atoms with Gasteiger partial charge in [0.2, 0.25) is 0 Å². The minimum atomic E-state index is -0.154. The number of aromatic nitrogens is 1. The van der Waals surface area contributed by atoms with Crippen molar-refractivity contribution in [2.24, 2.45) is 0 Å². The molecule has 1 aromatic heterocycles. The van der Waals surface area contributed by atoms with Crippen LogP contribution >= 0.6 is 0 Å². The van der Waals surface area contributed by atoms with Crippen molar-refractivity contribution in [3.63, 3.8) is 0 Å². The van der Waals surface area contributed by atoms with Gasteiger partial charge in [-0.2, -0.15) is 5.26 Å². The number of pyridine rings is 1. The molecule has 0 aliphatic heterocycles. The number of anilines is 1. The Hall–Kier alpha value is -2.61. The fourth-order valence-corrected chi connectivity index (χ4v) is 1.91. The average molecular weight is 254 g/mol. The molecule has 0 saturated heterocycles. The highest BCUT2D eigenvalue weighted by molar-refractivity contribution is 6.08. The summed E-state index contributed by atoms with van der Waals surface area (Å²) in [7, 11) is 1.67. The number of benzene rings is 1. The molecule has 0 spiro atoms. The first-order valence-corrected chi connectivity index (χ1v) is 5.90. The van der Waals surface area contributed by atoms with Crippen molar-refractivity contribution in [2.75, 3.05) is 19.3 Å². The van der Waals surface area contributed by atoms with Gasteiger partial charge in [0, 0.05) is 25.2 Å². The molecular weight excluding hydrogens is 240 g/mol. The maximum absolute atomic E-state index is 12.3. The summed E-state index contributed by atoms with van der Waals surface area (Å²) in [6.07, 6.45) is 1.80. The lowest BCUT2D eigenvalue weighted by Crippen LogP contribution is -2.28. The number of carbonyl (C=O) groups excluding carboxylic acids is 1. The van der Waals surface area contributed by atoms with Crippen LogP contribution in [0.15, 0.2) is 30.5 Å². The number of nitrogens with two attached hydrogens (primary N) is 1. The number of nitrogen functional groups attached to an aromatic ring is 1. The van der Waals surface area contributed by atoms with Crippen molar-refractivity contribution in [3.05, 3.63) is 36.0 Å². The Morgan fingerprint density at radius 1 is 1.42 bits per heavy atom. The number of amides is 1. The minimum absolute atomic E-state index is 0.154. The van der Waals surface area contributed by atoms with Crippen molar-refractivity contribution >= 4 is 22.5 Å². The number of fused-ring (bicyclic) bond motifs is 1. The molecule has 0 radical (unpaired) electrons. The van der Waals surface area contributed by atoms with E-state index in [9.17, 15) is 4.79 Å². The Balaban J connectivity index is 2.43. The van der Waals surface area contributed by atoms with E-state index in [1.165, 1.54) is 11.1 Å². The predicted molar refractivity (Wildman–Crippen MR) is 73.3 cm³/mol. The van der Waals surface area contributed by atoms with E-state index in [0.717, 1.165) is 10.8 Å². The van der Waals surface area contributed by atoms with Crippen LogP contribution in [0.2, 0.25) is 0 Å². The van der Waals surface area contributed by atoms with Gasteiger partial charge in [-0.05, 0) is 5.39 Å². The first kappa shape index (κ1) is 12.8. The second-order valence-electron chi connectivity index (χ2n) is 4.24. The molecule has 0 aliphatic rings. The fraction of sp³-hybridized carbons (Fsp3) is 0.214. The lowest BCUT2D eigenvalue weighted by Gasteiger charge is -2.16. The van der Waals surface area contributed by atoms with Crippen molar-refractivity contribution in [3.8, 4) is 6.07 Å². The summed E-state index contributed by atoms with van der Waals surface area (Å²) < 4.78 is 0. The number of hydrogen-bond acceptors (Lipinski definition) is 4. The molecule has 0 saturated carbocycles. The molecule has 0 bridgehead atoms. The highest BCUT2D eigenvalue weighted by Crippen LogP contribution is 2.23. The summed E-state index contributed by atoms with van der Waals surface area (Å²) in [4.78, 5) is 17.9. The van der Waals surface area contributed by atoms with Gasteiger partial charge in [-0.15, -0.1) is 0 Å². The standard InChI is InChI=1S/C14H14N4O/c1-18(8-4-7-15)14(19)12-9-17-13(16)11-6-3-2-5-10(11)12/h2-3,5-6,9H,4,8H2,1H3,(H2,16,17). The molecule has 5 nitrogen and oxygen atoms in total. The van der Waals surface area contributed by atoms with Gasteiger partial charge < -0.3 is 10.6 Å². The number of nitrogens with zero attached hydrogens (tertiary/aromatic N) is 3. The van der Waals surface area contributed by atoms with E-state index < -0.39 is 0 Å². The van der Waals surface area contributed by atoms with Crippen LogP contribution in [0.5, 0.6) is 0 Å². The summed E-state index contributed by atoms with van der Waals surface area (Å²) in [5, 5.41) is 10.1. The van der Waals surface area contributed by atoms with Gasteiger partial charge in [0.15, 0.2) is 0 Å². The van der Waals surface area contributed by atoms with Crippen LogP contribution in [0.3, 0.4) is 0 Å². The van der Waals surface area contributed by atoms with Crippen molar-refractivity contribution in [2.45, 2.75) is 6.42 Å². The molecule has 0 atom stereocenters. The van der Waals surface area contributed by atoms with Crippen LogP contribution in [0.1, 0.15) is 16.8 Å². The summed E-state index contributed by atoms with van der Waals surface area (Å²) >= 11 is 0. The van der Waals surface area contributed by atoms with E-state index in [0.29, 0.717) is 24.3 Å². The number of hydrogen-bond donors (Lipinski definition) is 1. The van der Waals surface area contributed by atoms with Crippen LogP contribution in [-0.4, -0.2) is 29.4 Å². The van der Waals surface area contributed by atoms with Gasteiger partial charge in [0.05, 0.1) is 18.1 Å². The van der Waals surface area contributed by atoms with E-state index in [1.807, 2.05) is 30.3 Å². The highest BCUT2D eigenvalue weighted by Gasteiger charge is 2.15. The summed E-state index contributed by atoms with van der Waals surface area (Å²) in [6, 6.07) is 9.41. The molecule has 19 heavy (non-hydrogen) atoms. The zero-order valence-corrected chi connectivity index (χ0v) is 10.6. The number of carbonyl (C=O) groups is 1. The van der Waals surface area contributed by atoms with Gasteiger partial charge in [0.1, 0.15) is 5.82 Å². The quantitative estimate of drug-likeness (QED) is 0.905. The second-order valence-corrected chi connectivity index (χ2v) is 4.24. The van der Waals surface area contributed by atoms with Crippen molar-refractivity contribution in [1.82, 2.24) is 9.88 Å². The van der Waals surface area contributed by atoms with Gasteiger partial charge in [-0.25, -0.2) is 4.98 Å². The lowest BCUT2D eigenvalue weighted by molar-refractivity contribution is 0.0799. The topological polar surface area (TPSA) is 83.0 Å².